The molecule has 0 bridgehead atoms. The molecule has 4 aromatic rings. The lowest BCUT2D eigenvalue weighted by atomic mass is 10.2. The first-order chi connectivity index (χ1) is 19.6. The number of carbonyl (C=O) groups is 1. The van der Waals surface area contributed by atoms with Gasteiger partial charge in [0.15, 0.2) is 0 Å². The first-order valence-electron chi connectivity index (χ1n) is 12.7. The molecular formula is C28H32F2N8O3. The third kappa shape index (κ3) is 6.52. The summed E-state index contributed by atoms with van der Waals surface area (Å²) in [4.78, 5) is 38.3. The van der Waals surface area contributed by atoms with Gasteiger partial charge in [0.1, 0.15) is 11.6 Å². The first kappa shape index (κ1) is 29.2. The Morgan fingerprint density at radius 1 is 1.12 bits per heavy atom. The highest BCUT2D eigenvalue weighted by Gasteiger charge is 2.20. The van der Waals surface area contributed by atoms with E-state index in [-0.39, 0.29) is 17.7 Å². The Morgan fingerprint density at radius 3 is 2.51 bits per heavy atom. The van der Waals surface area contributed by atoms with Crippen LogP contribution in [0, 0.1) is 0 Å². The van der Waals surface area contributed by atoms with Crippen molar-refractivity contribution in [2.45, 2.75) is 13.0 Å². The summed E-state index contributed by atoms with van der Waals surface area (Å²) in [5, 5.41) is 5.93. The number of carbonyl (C=O) groups excluding carboxylic acids is 1. The van der Waals surface area contributed by atoms with Crippen molar-refractivity contribution in [2.24, 2.45) is 0 Å². The molecule has 11 nitrogen and oxygen atoms in total. The molecule has 0 aliphatic rings. The number of methoxy groups -OCH3 is 1. The molecule has 4 rings (SSSR count). The van der Waals surface area contributed by atoms with Crippen LogP contribution in [0.5, 0.6) is 5.75 Å². The van der Waals surface area contributed by atoms with Gasteiger partial charge in [-0.05, 0) is 38.4 Å². The number of anilines is 4. The molecule has 0 aliphatic heterocycles. The molecule has 2 N–H and O–H groups in total. The van der Waals surface area contributed by atoms with Crippen LogP contribution >= 0.6 is 0 Å². The molecule has 0 atom stereocenters. The fraction of sp³-hybridized carbons (Fsp3) is 0.286. The second kappa shape index (κ2) is 12.6. The number of hydrogen-bond acceptors (Lipinski definition) is 8. The number of nitrogens with zero attached hydrogens (tertiary/aromatic N) is 6. The highest BCUT2D eigenvalue weighted by molar-refractivity contribution is 6.02. The van der Waals surface area contributed by atoms with Crippen LogP contribution in [0.15, 0.2) is 66.1 Å². The topological polar surface area (TPSA) is 110 Å². The van der Waals surface area contributed by atoms with Gasteiger partial charge in [-0.2, -0.15) is 4.98 Å². The zero-order valence-corrected chi connectivity index (χ0v) is 23.3. The van der Waals surface area contributed by atoms with E-state index in [1.54, 1.807) is 36.4 Å². The minimum atomic E-state index is -2.71. The number of likely N-dealkylation sites (N-methyl/N-ethyl adjacent to an activating group) is 2. The fourth-order valence-corrected chi connectivity index (χ4v) is 4.30. The molecule has 2 aromatic carbocycles. The molecule has 0 spiro atoms. The van der Waals surface area contributed by atoms with Crippen LogP contribution in [0.1, 0.15) is 0 Å². The number of amides is 1. The zero-order chi connectivity index (χ0) is 29.7. The van der Waals surface area contributed by atoms with E-state index in [1.165, 1.54) is 30.0 Å². The van der Waals surface area contributed by atoms with Crippen LogP contribution in [0.2, 0.25) is 0 Å². The summed E-state index contributed by atoms with van der Waals surface area (Å²) in [5.74, 6) is 0.373. The Kier molecular flexibility index (Phi) is 8.97. The van der Waals surface area contributed by atoms with E-state index < -0.39 is 18.7 Å². The van der Waals surface area contributed by atoms with Crippen LogP contribution in [0.3, 0.4) is 0 Å². The monoisotopic (exact) mass is 566 g/mol. The Morgan fingerprint density at radius 2 is 1.85 bits per heavy atom. The van der Waals surface area contributed by atoms with E-state index in [1.807, 2.05) is 30.9 Å². The predicted molar refractivity (Wildman–Crippen MR) is 156 cm³/mol. The molecule has 216 valence electrons. The van der Waals surface area contributed by atoms with Crippen molar-refractivity contribution in [3.05, 3.63) is 71.8 Å². The first-order valence-corrected chi connectivity index (χ1v) is 12.7. The number of alkyl halides is 2. The highest BCUT2D eigenvalue weighted by atomic mass is 19.3. The van der Waals surface area contributed by atoms with Crippen molar-refractivity contribution in [2.75, 3.05) is 56.9 Å². The number of fused-ring (bicyclic) bond motifs is 1. The molecule has 2 aromatic heterocycles. The molecule has 1 amide bonds. The number of hydrogen-bond donors (Lipinski definition) is 2. The van der Waals surface area contributed by atoms with E-state index in [2.05, 4.69) is 27.2 Å². The van der Waals surface area contributed by atoms with Crippen LogP contribution in [0.25, 0.3) is 16.9 Å². The average Bonchev–Trinajstić information content (AvgIpc) is 3.22. The molecule has 0 saturated heterocycles. The van der Waals surface area contributed by atoms with Gasteiger partial charge in [-0.3, -0.25) is 9.36 Å². The standard InChI is InChI=1S/C28H32F2N8O3/c1-6-26(39)32-18-15-19(23(41-5)16-22(18)36(4)14-13-35(2)3)33-27-31-12-11-25(34-27)38-21-10-8-7-9-20(21)37(28(38)40)17-24(29)30/h6-12,15-16,24H,1,13-14,17H2,2-5H3,(H,32,39)(H,31,33,34). The Hall–Kier alpha value is -4.78. The van der Waals surface area contributed by atoms with Gasteiger partial charge in [-0.15, -0.1) is 0 Å². The number of para-hydroxylation sites is 2. The molecule has 0 aliphatic carbocycles. The van der Waals surface area contributed by atoms with Crippen molar-refractivity contribution in [3.63, 3.8) is 0 Å². The Labute approximate surface area is 235 Å². The number of ether oxygens (including phenoxy) is 1. The SMILES string of the molecule is C=CC(=O)Nc1cc(Nc2nccc(-n3c(=O)n(CC(F)F)c4ccccc43)n2)c(OC)cc1N(C)CCN(C)C. The van der Waals surface area contributed by atoms with Crippen molar-refractivity contribution in [3.8, 4) is 11.6 Å². The minimum Gasteiger partial charge on any atom is -0.494 e. The Balaban J connectivity index is 1.75. The molecular weight excluding hydrogens is 534 g/mol. The molecule has 0 fully saturated rings. The van der Waals surface area contributed by atoms with E-state index >= 15 is 0 Å². The van der Waals surface area contributed by atoms with E-state index in [4.69, 9.17) is 4.74 Å². The number of aromatic nitrogens is 4. The van der Waals surface area contributed by atoms with Crippen molar-refractivity contribution >= 4 is 40.0 Å². The lowest BCUT2D eigenvalue weighted by Crippen LogP contribution is -2.29. The van der Waals surface area contributed by atoms with Crippen LogP contribution in [-0.2, 0) is 11.3 Å². The summed E-state index contributed by atoms with van der Waals surface area (Å²) in [6.07, 6.45) is -0.0785. The number of nitrogens with one attached hydrogen (secondary N) is 2. The van der Waals surface area contributed by atoms with Gasteiger partial charge >= 0.3 is 5.69 Å². The molecule has 13 heteroatoms. The summed E-state index contributed by atoms with van der Waals surface area (Å²) in [6.45, 7) is 4.25. The van der Waals surface area contributed by atoms with Crippen LogP contribution in [0.4, 0.5) is 31.8 Å². The van der Waals surface area contributed by atoms with Crippen molar-refractivity contribution < 1.29 is 18.3 Å². The Bertz CT molecular complexity index is 1620. The van der Waals surface area contributed by atoms with Crippen molar-refractivity contribution in [1.82, 2.24) is 24.0 Å². The van der Waals surface area contributed by atoms with E-state index in [0.29, 0.717) is 34.7 Å². The van der Waals surface area contributed by atoms with Crippen LogP contribution < -0.4 is 26.0 Å². The maximum Gasteiger partial charge on any atom is 0.335 e. The summed E-state index contributed by atoms with van der Waals surface area (Å²) < 4.78 is 34.4. The molecule has 0 radical (unpaired) electrons. The quantitative estimate of drug-likeness (QED) is 0.250. The van der Waals surface area contributed by atoms with Gasteiger partial charge < -0.3 is 25.2 Å². The van der Waals surface area contributed by atoms with E-state index in [9.17, 15) is 18.4 Å². The molecule has 0 unspecified atom stereocenters. The van der Waals surface area contributed by atoms with Crippen molar-refractivity contribution in [1.29, 1.82) is 0 Å². The zero-order valence-electron chi connectivity index (χ0n) is 23.3. The van der Waals surface area contributed by atoms with E-state index in [0.717, 1.165) is 16.8 Å². The number of imidazole rings is 1. The van der Waals surface area contributed by atoms with Gasteiger partial charge in [0.05, 0.1) is 41.8 Å². The summed E-state index contributed by atoms with van der Waals surface area (Å²) in [6, 6.07) is 11.7. The highest BCUT2D eigenvalue weighted by Crippen LogP contribution is 2.38. The third-order valence-electron chi connectivity index (χ3n) is 6.33. The summed E-state index contributed by atoms with van der Waals surface area (Å²) >= 11 is 0. The van der Waals surface area contributed by atoms with Crippen LogP contribution in [-0.4, -0.2) is 77.7 Å². The summed E-state index contributed by atoms with van der Waals surface area (Å²) in [5.41, 5.74) is 1.82. The third-order valence-corrected chi connectivity index (χ3v) is 6.33. The smallest absolute Gasteiger partial charge is 0.335 e. The maximum absolute atomic E-state index is 13.3. The molecule has 2 heterocycles. The average molecular weight is 567 g/mol. The molecule has 0 saturated carbocycles. The largest absolute Gasteiger partial charge is 0.494 e. The second-order valence-corrected chi connectivity index (χ2v) is 9.46. The van der Waals surface area contributed by atoms with Gasteiger partial charge in [0.25, 0.3) is 6.43 Å². The number of benzene rings is 2. The normalized spacial score (nSPS) is 11.2. The fourth-order valence-electron chi connectivity index (χ4n) is 4.30. The van der Waals surface area contributed by atoms with Gasteiger partial charge in [-0.25, -0.2) is 23.1 Å². The maximum atomic E-state index is 13.3. The number of halogens is 2. The van der Waals surface area contributed by atoms with Gasteiger partial charge in [0, 0.05) is 38.5 Å². The lowest BCUT2D eigenvalue weighted by Gasteiger charge is -2.26. The number of rotatable bonds is 12. The second-order valence-electron chi connectivity index (χ2n) is 9.46. The van der Waals surface area contributed by atoms with Gasteiger partial charge in [0.2, 0.25) is 11.9 Å². The summed E-state index contributed by atoms with van der Waals surface area (Å²) in [7, 11) is 7.37. The minimum absolute atomic E-state index is 0.119. The van der Waals surface area contributed by atoms with Gasteiger partial charge in [-0.1, -0.05) is 18.7 Å². The lowest BCUT2D eigenvalue weighted by molar-refractivity contribution is -0.111. The molecule has 41 heavy (non-hydrogen) atoms. The predicted octanol–water partition coefficient (Wildman–Crippen LogP) is 3.72.